The monoisotopic (exact) mass is 487 g/mol. The number of unbranched alkanes of at least 4 members (excludes halogenated alkanes) is 4. The number of ether oxygens (including phenoxy) is 1. The van der Waals surface area contributed by atoms with Gasteiger partial charge in [-0.25, -0.2) is 0 Å². The summed E-state index contributed by atoms with van der Waals surface area (Å²) in [6.45, 7) is 5.54. The van der Waals surface area contributed by atoms with Gasteiger partial charge in [0.15, 0.2) is 0 Å². The van der Waals surface area contributed by atoms with E-state index in [1.807, 2.05) is 61.5 Å². The predicted molar refractivity (Wildman–Crippen MR) is 148 cm³/mol. The molecule has 2 N–H and O–H groups in total. The molecule has 0 saturated carbocycles. The topological polar surface area (TPSA) is 70.7 Å². The SMILES string of the molecule is CCCCCCCOc1ccc(NCC(=O)Nc2cccc(C(=O)N(CC)c3ccccc3)c2)cc1. The van der Waals surface area contributed by atoms with E-state index in [1.54, 1.807) is 29.2 Å². The number of hydrogen-bond acceptors (Lipinski definition) is 4. The van der Waals surface area contributed by atoms with E-state index in [1.165, 1.54) is 25.7 Å². The molecule has 3 rings (SSSR count). The lowest BCUT2D eigenvalue weighted by molar-refractivity contribution is -0.114. The molecule has 0 aliphatic heterocycles. The third kappa shape index (κ3) is 8.45. The molecule has 0 saturated heterocycles. The van der Waals surface area contributed by atoms with Crippen molar-refractivity contribution < 1.29 is 14.3 Å². The molecule has 6 heteroatoms. The summed E-state index contributed by atoms with van der Waals surface area (Å²) < 4.78 is 5.79. The fourth-order valence-electron chi connectivity index (χ4n) is 3.89. The highest BCUT2D eigenvalue weighted by atomic mass is 16.5. The number of carbonyl (C=O) groups excluding carboxylic acids is 2. The molecule has 3 aromatic carbocycles. The third-order valence-corrected chi connectivity index (χ3v) is 5.85. The fraction of sp³-hybridized carbons (Fsp3) is 0.333. The quantitative estimate of drug-likeness (QED) is 0.247. The molecule has 6 nitrogen and oxygen atoms in total. The summed E-state index contributed by atoms with van der Waals surface area (Å²) in [5.41, 5.74) is 2.78. The van der Waals surface area contributed by atoms with Crippen LogP contribution in [-0.4, -0.2) is 31.5 Å². The first-order valence-electron chi connectivity index (χ1n) is 12.8. The van der Waals surface area contributed by atoms with E-state index in [2.05, 4.69) is 17.6 Å². The normalized spacial score (nSPS) is 10.5. The van der Waals surface area contributed by atoms with E-state index in [4.69, 9.17) is 4.74 Å². The minimum absolute atomic E-state index is 0.110. The Morgan fingerprint density at radius 3 is 2.28 bits per heavy atom. The third-order valence-electron chi connectivity index (χ3n) is 5.85. The first-order valence-corrected chi connectivity index (χ1v) is 12.8. The molecule has 0 atom stereocenters. The number of benzene rings is 3. The predicted octanol–water partition coefficient (Wildman–Crippen LogP) is 6.75. The number of anilines is 3. The maximum Gasteiger partial charge on any atom is 0.258 e. The number of amides is 2. The minimum atomic E-state index is -0.192. The molecule has 36 heavy (non-hydrogen) atoms. The van der Waals surface area contributed by atoms with Crippen LogP contribution in [0.3, 0.4) is 0 Å². The van der Waals surface area contributed by atoms with Gasteiger partial charge in [0.05, 0.1) is 13.2 Å². The summed E-state index contributed by atoms with van der Waals surface area (Å²) in [4.78, 5) is 27.3. The lowest BCUT2D eigenvalue weighted by Gasteiger charge is -2.21. The molecule has 190 valence electrons. The van der Waals surface area contributed by atoms with Gasteiger partial charge in [0, 0.05) is 29.2 Å². The van der Waals surface area contributed by atoms with E-state index in [-0.39, 0.29) is 18.4 Å². The number of carbonyl (C=O) groups is 2. The molecule has 2 amide bonds. The first kappa shape index (κ1) is 26.8. The van der Waals surface area contributed by atoms with Gasteiger partial charge < -0.3 is 20.3 Å². The molecule has 0 aromatic heterocycles. The van der Waals surface area contributed by atoms with Crippen LogP contribution in [0, 0.1) is 0 Å². The van der Waals surface area contributed by atoms with Crippen LogP contribution in [0.4, 0.5) is 17.1 Å². The summed E-state index contributed by atoms with van der Waals surface area (Å²) >= 11 is 0. The Bertz CT molecular complexity index is 1080. The van der Waals surface area contributed by atoms with E-state index in [0.717, 1.165) is 30.2 Å². The van der Waals surface area contributed by atoms with Gasteiger partial charge in [0.1, 0.15) is 5.75 Å². The zero-order valence-corrected chi connectivity index (χ0v) is 21.3. The molecule has 3 aromatic rings. The standard InChI is InChI=1S/C30H37N3O3/c1-3-5-6-7-11-21-36-28-19-17-25(18-20-28)31-23-29(34)32-26-14-12-13-24(22-26)30(35)33(4-2)27-15-9-8-10-16-27/h8-10,12-20,22,31H,3-7,11,21,23H2,1-2H3,(H,32,34). The van der Waals surface area contributed by atoms with Gasteiger partial charge in [0.25, 0.3) is 5.91 Å². The molecule has 0 aliphatic carbocycles. The molecule has 0 spiro atoms. The minimum Gasteiger partial charge on any atom is -0.494 e. The van der Waals surface area contributed by atoms with Crippen LogP contribution in [0.1, 0.15) is 56.3 Å². The van der Waals surface area contributed by atoms with Crippen LogP contribution in [0.5, 0.6) is 5.75 Å². The van der Waals surface area contributed by atoms with Crippen molar-refractivity contribution in [3.8, 4) is 5.75 Å². The number of rotatable bonds is 14. The maximum absolute atomic E-state index is 13.1. The van der Waals surface area contributed by atoms with Crippen molar-refractivity contribution in [3.05, 3.63) is 84.4 Å². The van der Waals surface area contributed by atoms with Crippen LogP contribution in [0.25, 0.3) is 0 Å². The molecule has 0 radical (unpaired) electrons. The number of nitrogens with one attached hydrogen (secondary N) is 2. The molecule has 0 unspecified atom stereocenters. The lowest BCUT2D eigenvalue weighted by Crippen LogP contribution is -2.30. The van der Waals surface area contributed by atoms with Crippen LogP contribution >= 0.6 is 0 Å². The van der Waals surface area contributed by atoms with E-state index >= 15 is 0 Å². The number of para-hydroxylation sites is 1. The summed E-state index contributed by atoms with van der Waals surface area (Å²) in [5.74, 6) is 0.530. The molecular weight excluding hydrogens is 450 g/mol. The summed E-state index contributed by atoms with van der Waals surface area (Å²) in [6.07, 6.45) is 6.05. The zero-order chi connectivity index (χ0) is 25.6. The smallest absolute Gasteiger partial charge is 0.258 e. The van der Waals surface area contributed by atoms with E-state index < -0.39 is 0 Å². The van der Waals surface area contributed by atoms with Crippen LogP contribution in [0.2, 0.25) is 0 Å². The maximum atomic E-state index is 13.1. The number of hydrogen-bond donors (Lipinski definition) is 2. The Labute approximate surface area is 214 Å². The van der Waals surface area contributed by atoms with Gasteiger partial charge in [-0.3, -0.25) is 9.59 Å². The van der Waals surface area contributed by atoms with E-state index in [9.17, 15) is 9.59 Å². The van der Waals surface area contributed by atoms with Gasteiger partial charge in [-0.2, -0.15) is 0 Å². The second-order valence-electron chi connectivity index (χ2n) is 8.65. The Morgan fingerprint density at radius 1 is 0.806 bits per heavy atom. The summed E-state index contributed by atoms with van der Waals surface area (Å²) in [7, 11) is 0. The lowest BCUT2D eigenvalue weighted by atomic mass is 10.1. The Balaban J connectivity index is 1.47. The van der Waals surface area contributed by atoms with E-state index in [0.29, 0.717) is 17.8 Å². The summed E-state index contributed by atoms with van der Waals surface area (Å²) in [5, 5.41) is 5.99. The van der Waals surface area contributed by atoms with Crippen molar-refractivity contribution in [2.45, 2.75) is 46.0 Å². The van der Waals surface area contributed by atoms with Gasteiger partial charge >= 0.3 is 0 Å². The molecule has 0 heterocycles. The van der Waals surface area contributed by atoms with Crippen molar-refractivity contribution in [1.82, 2.24) is 0 Å². The average Bonchev–Trinajstić information content (AvgIpc) is 2.91. The van der Waals surface area contributed by atoms with Crippen LogP contribution < -0.4 is 20.3 Å². The largest absolute Gasteiger partial charge is 0.494 e. The van der Waals surface area contributed by atoms with Gasteiger partial charge in [-0.1, -0.05) is 56.9 Å². The Kier molecular flexibility index (Phi) is 10.8. The van der Waals surface area contributed by atoms with Crippen LogP contribution in [-0.2, 0) is 4.79 Å². The Morgan fingerprint density at radius 2 is 1.56 bits per heavy atom. The highest BCUT2D eigenvalue weighted by molar-refractivity contribution is 6.07. The van der Waals surface area contributed by atoms with Crippen molar-refractivity contribution in [2.24, 2.45) is 0 Å². The van der Waals surface area contributed by atoms with Crippen LogP contribution in [0.15, 0.2) is 78.9 Å². The second kappa shape index (κ2) is 14.6. The molecule has 0 aliphatic rings. The van der Waals surface area contributed by atoms with Gasteiger partial charge in [-0.05, 0) is 67.9 Å². The van der Waals surface area contributed by atoms with Gasteiger partial charge in [0.2, 0.25) is 5.91 Å². The van der Waals surface area contributed by atoms with Crippen molar-refractivity contribution in [2.75, 3.05) is 35.2 Å². The molecular formula is C30H37N3O3. The van der Waals surface area contributed by atoms with Crippen molar-refractivity contribution in [1.29, 1.82) is 0 Å². The Hall–Kier alpha value is -3.80. The average molecular weight is 488 g/mol. The molecule has 0 fully saturated rings. The van der Waals surface area contributed by atoms with Crippen molar-refractivity contribution >= 4 is 28.9 Å². The highest BCUT2D eigenvalue weighted by Gasteiger charge is 2.16. The second-order valence-corrected chi connectivity index (χ2v) is 8.65. The van der Waals surface area contributed by atoms with Gasteiger partial charge in [-0.15, -0.1) is 0 Å². The fourth-order valence-corrected chi connectivity index (χ4v) is 3.89. The summed E-state index contributed by atoms with van der Waals surface area (Å²) in [6, 6.07) is 24.2. The first-order chi connectivity index (χ1) is 17.6. The van der Waals surface area contributed by atoms with Crippen molar-refractivity contribution in [3.63, 3.8) is 0 Å². The highest BCUT2D eigenvalue weighted by Crippen LogP contribution is 2.19. The number of nitrogens with zero attached hydrogens (tertiary/aromatic N) is 1. The molecule has 0 bridgehead atoms. The zero-order valence-electron chi connectivity index (χ0n) is 21.3.